The first kappa shape index (κ1) is 13.6. The van der Waals surface area contributed by atoms with Crippen molar-refractivity contribution in [2.45, 2.75) is 19.4 Å². The molecular formula is C12H14Cl2N2O2. The third-order valence-corrected chi connectivity index (χ3v) is 3.74. The number of carbonyl (C=O) groups excluding carboxylic acids is 1. The molecule has 0 spiro atoms. The number of pyridine rings is 1. The Morgan fingerprint density at radius 2 is 2.22 bits per heavy atom. The van der Waals surface area contributed by atoms with Gasteiger partial charge in [0.1, 0.15) is 10.8 Å². The molecule has 0 saturated carbocycles. The van der Waals surface area contributed by atoms with Crippen molar-refractivity contribution in [1.29, 1.82) is 0 Å². The summed E-state index contributed by atoms with van der Waals surface area (Å²) in [6, 6.07) is 3.08. The van der Waals surface area contributed by atoms with Gasteiger partial charge in [0.05, 0.1) is 11.1 Å². The number of hydrogen-bond acceptors (Lipinski definition) is 3. The van der Waals surface area contributed by atoms with Crippen molar-refractivity contribution in [3.05, 3.63) is 28.0 Å². The van der Waals surface area contributed by atoms with Gasteiger partial charge in [-0.2, -0.15) is 0 Å². The average Bonchev–Trinajstić information content (AvgIpc) is 2.35. The molecule has 1 aliphatic rings. The third kappa shape index (κ3) is 2.76. The molecule has 0 bridgehead atoms. The highest BCUT2D eigenvalue weighted by atomic mass is 35.5. The lowest BCUT2D eigenvalue weighted by molar-refractivity contribution is 0.0245. The minimum Gasteiger partial charge on any atom is -0.391 e. The molecule has 1 N–H and O–H groups in total. The van der Waals surface area contributed by atoms with Gasteiger partial charge in [0, 0.05) is 13.1 Å². The normalized spacial score (nSPS) is 24.1. The second-order valence-electron chi connectivity index (χ2n) is 4.55. The van der Waals surface area contributed by atoms with Gasteiger partial charge in [0.15, 0.2) is 0 Å². The maximum Gasteiger partial charge on any atom is 0.274 e. The predicted octanol–water partition coefficient (Wildman–Crippen LogP) is 2.23. The number of rotatable bonds is 1. The van der Waals surface area contributed by atoms with Gasteiger partial charge in [-0.1, -0.05) is 30.1 Å². The van der Waals surface area contributed by atoms with Crippen LogP contribution in [0.4, 0.5) is 0 Å². The highest BCUT2D eigenvalue weighted by molar-refractivity contribution is 6.34. The van der Waals surface area contributed by atoms with Gasteiger partial charge >= 0.3 is 0 Å². The van der Waals surface area contributed by atoms with Crippen LogP contribution >= 0.6 is 23.2 Å². The monoisotopic (exact) mass is 288 g/mol. The molecule has 1 aromatic heterocycles. The number of aliphatic hydroxyl groups excluding tert-OH is 1. The number of carbonyl (C=O) groups is 1. The Balaban J connectivity index is 2.19. The van der Waals surface area contributed by atoms with Crippen LogP contribution in [0.25, 0.3) is 0 Å². The molecule has 2 heterocycles. The first-order valence-corrected chi connectivity index (χ1v) is 6.54. The van der Waals surface area contributed by atoms with E-state index in [1.807, 2.05) is 6.92 Å². The van der Waals surface area contributed by atoms with Crippen LogP contribution in [-0.4, -0.2) is 40.1 Å². The summed E-state index contributed by atoms with van der Waals surface area (Å²) >= 11 is 11.7. The van der Waals surface area contributed by atoms with E-state index in [2.05, 4.69) is 4.98 Å². The lowest BCUT2D eigenvalue weighted by atomic mass is 9.96. The van der Waals surface area contributed by atoms with E-state index in [1.165, 1.54) is 6.07 Å². The SMILES string of the molecule is CC1CCN(C(=O)c2nc(Cl)ccc2Cl)CC1O. The fourth-order valence-corrected chi connectivity index (χ4v) is 2.29. The zero-order valence-electron chi connectivity index (χ0n) is 9.94. The lowest BCUT2D eigenvalue weighted by Crippen LogP contribution is -2.46. The topological polar surface area (TPSA) is 53.4 Å². The Morgan fingerprint density at radius 1 is 1.50 bits per heavy atom. The van der Waals surface area contributed by atoms with Gasteiger partial charge in [0.25, 0.3) is 5.91 Å². The van der Waals surface area contributed by atoms with Crippen molar-refractivity contribution in [3.63, 3.8) is 0 Å². The van der Waals surface area contributed by atoms with Gasteiger partial charge in [0.2, 0.25) is 0 Å². The van der Waals surface area contributed by atoms with E-state index < -0.39 is 6.10 Å². The van der Waals surface area contributed by atoms with Crippen LogP contribution < -0.4 is 0 Å². The molecule has 2 atom stereocenters. The molecule has 2 rings (SSSR count). The predicted molar refractivity (Wildman–Crippen MR) is 69.9 cm³/mol. The van der Waals surface area contributed by atoms with Crippen LogP contribution in [-0.2, 0) is 0 Å². The zero-order chi connectivity index (χ0) is 13.3. The maximum absolute atomic E-state index is 12.2. The summed E-state index contributed by atoms with van der Waals surface area (Å²) in [6.45, 7) is 2.88. The molecule has 1 amide bonds. The number of amides is 1. The smallest absolute Gasteiger partial charge is 0.274 e. The molecule has 1 fully saturated rings. The minimum atomic E-state index is -0.499. The number of aromatic nitrogens is 1. The summed E-state index contributed by atoms with van der Waals surface area (Å²) in [7, 11) is 0. The second-order valence-corrected chi connectivity index (χ2v) is 5.34. The number of nitrogens with zero attached hydrogens (tertiary/aromatic N) is 2. The quantitative estimate of drug-likeness (QED) is 0.807. The van der Waals surface area contributed by atoms with E-state index in [4.69, 9.17) is 23.2 Å². The van der Waals surface area contributed by atoms with Gasteiger partial charge in [-0.05, 0) is 24.5 Å². The molecule has 1 aliphatic heterocycles. The van der Waals surface area contributed by atoms with E-state index in [-0.39, 0.29) is 27.7 Å². The summed E-state index contributed by atoms with van der Waals surface area (Å²) in [5, 5.41) is 10.3. The van der Waals surface area contributed by atoms with E-state index in [1.54, 1.807) is 11.0 Å². The van der Waals surface area contributed by atoms with Crippen LogP contribution in [0.15, 0.2) is 12.1 Å². The molecular weight excluding hydrogens is 275 g/mol. The molecule has 1 aromatic rings. The highest BCUT2D eigenvalue weighted by Crippen LogP contribution is 2.22. The number of likely N-dealkylation sites (tertiary alicyclic amines) is 1. The minimum absolute atomic E-state index is 0.144. The first-order chi connectivity index (χ1) is 8.49. The van der Waals surface area contributed by atoms with E-state index in [9.17, 15) is 9.90 Å². The molecule has 0 aromatic carbocycles. The van der Waals surface area contributed by atoms with Crippen LogP contribution in [0, 0.1) is 5.92 Å². The molecule has 0 aliphatic carbocycles. The molecule has 1 saturated heterocycles. The average molecular weight is 289 g/mol. The Kier molecular flexibility index (Phi) is 4.10. The molecule has 6 heteroatoms. The second kappa shape index (κ2) is 5.43. The lowest BCUT2D eigenvalue weighted by Gasteiger charge is -2.34. The van der Waals surface area contributed by atoms with Crippen LogP contribution in [0.5, 0.6) is 0 Å². The van der Waals surface area contributed by atoms with Crippen molar-refractivity contribution in [1.82, 2.24) is 9.88 Å². The number of aliphatic hydroxyl groups is 1. The summed E-state index contributed by atoms with van der Waals surface area (Å²) in [4.78, 5) is 17.8. The Bertz CT molecular complexity index is 467. The van der Waals surface area contributed by atoms with Crippen molar-refractivity contribution < 1.29 is 9.90 Å². The summed E-state index contributed by atoms with van der Waals surface area (Å²) < 4.78 is 0. The largest absolute Gasteiger partial charge is 0.391 e. The molecule has 98 valence electrons. The van der Waals surface area contributed by atoms with Gasteiger partial charge in [-0.25, -0.2) is 4.98 Å². The molecule has 2 unspecified atom stereocenters. The maximum atomic E-state index is 12.2. The fraction of sp³-hybridized carbons (Fsp3) is 0.500. The van der Waals surface area contributed by atoms with E-state index in [0.717, 1.165) is 6.42 Å². The first-order valence-electron chi connectivity index (χ1n) is 5.78. The van der Waals surface area contributed by atoms with Crippen molar-refractivity contribution in [2.24, 2.45) is 5.92 Å². The standard InChI is InChI=1S/C12H14Cl2N2O2/c1-7-4-5-16(6-9(7)17)12(18)11-8(13)2-3-10(14)15-11/h2-3,7,9,17H,4-6H2,1H3. The summed E-state index contributed by atoms with van der Waals surface area (Å²) in [6.07, 6.45) is 0.270. The Hall–Kier alpha value is -0.840. The Morgan fingerprint density at radius 3 is 2.89 bits per heavy atom. The van der Waals surface area contributed by atoms with E-state index in [0.29, 0.717) is 13.1 Å². The van der Waals surface area contributed by atoms with Gasteiger partial charge in [-0.15, -0.1) is 0 Å². The molecule has 4 nitrogen and oxygen atoms in total. The van der Waals surface area contributed by atoms with Crippen LogP contribution in [0.2, 0.25) is 10.2 Å². The van der Waals surface area contributed by atoms with Crippen LogP contribution in [0.3, 0.4) is 0 Å². The summed E-state index contributed by atoms with van der Waals surface area (Å²) in [5.41, 5.74) is 0.144. The van der Waals surface area contributed by atoms with Gasteiger partial charge in [-0.3, -0.25) is 4.79 Å². The summed E-state index contributed by atoms with van der Waals surface area (Å²) in [5.74, 6) is -0.0784. The van der Waals surface area contributed by atoms with Crippen molar-refractivity contribution in [2.75, 3.05) is 13.1 Å². The van der Waals surface area contributed by atoms with E-state index >= 15 is 0 Å². The number of hydrogen-bond donors (Lipinski definition) is 1. The number of β-amino-alcohol motifs (C(OH)–C–C–N with tert-alkyl or cyclic N) is 1. The Labute approximate surface area is 116 Å². The van der Waals surface area contributed by atoms with Gasteiger partial charge < -0.3 is 10.0 Å². The highest BCUT2D eigenvalue weighted by Gasteiger charge is 2.29. The van der Waals surface area contributed by atoms with Crippen molar-refractivity contribution in [3.8, 4) is 0 Å². The molecule has 18 heavy (non-hydrogen) atoms. The van der Waals surface area contributed by atoms with Crippen LogP contribution in [0.1, 0.15) is 23.8 Å². The fourth-order valence-electron chi connectivity index (χ4n) is 1.95. The number of halogens is 2. The van der Waals surface area contributed by atoms with Crippen molar-refractivity contribution >= 4 is 29.1 Å². The third-order valence-electron chi connectivity index (χ3n) is 3.22. The number of piperidine rings is 1. The molecule has 0 radical (unpaired) electrons. The zero-order valence-corrected chi connectivity index (χ0v) is 11.4.